The zero-order valence-corrected chi connectivity index (χ0v) is 22.8. The lowest BCUT2D eigenvalue weighted by Crippen LogP contribution is -2.54. The highest BCUT2D eigenvalue weighted by Crippen LogP contribution is 2.32. The van der Waals surface area contributed by atoms with Gasteiger partial charge in [0.15, 0.2) is 11.5 Å². The molecule has 202 valence electrons. The van der Waals surface area contributed by atoms with Gasteiger partial charge in [-0.05, 0) is 55.5 Å². The fourth-order valence-corrected chi connectivity index (χ4v) is 6.10. The molecule has 2 heterocycles. The second-order valence-corrected chi connectivity index (χ2v) is 11.0. The summed E-state index contributed by atoms with van der Waals surface area (Å²) in [6, 6.07) is 20.9. The number of anilines is 2. The minimum atomic E-state index is -3.87. The van der Waals surface area contributed by atoms with E-state index in [4.69, 9.17) is 9.47 Å². The predicted octanol–water partition coefficient (Wildman–Crippen LogP) is 4.40. The summed E-state index contributed by atoms with van der Waals surface area (Å²) in [6.45, 7) is 3.91. The maximum atomic E-state index is 13.3. The first kappa shape index (κ1) is 26.3. The van der Waals surface area contributed by atoms with E-state index >= 15 is 0 Å². The van der Waals surface area contributed by atoms with Gasteiger partial charge >= 0.3 is 0 Å². The molecular weight excluding hydrogens is 516 g/mol. The number of hydrogen-bond acceptors (Lipinski definition) is 7. The number of para-hydroxylation sites is 1. The Morgan fingerprint density at radius 1 is 0.949 bits per heavy atom. The van der Waals surface area contributed by atoms with Gasteiger partial charge in [-0.25, -0.2) is 8.42 Å². The van der Waals surface area contributed by atoms with E-state index in [0.29, 0.717) is 47.9 Å². The van der Waals surface area contributed by atoms with Gasteiger partial charge in [0.2, 0.25) is 0 Å². The Bertz CT molecular complexity index is 1600. The molecule has 1 aromatic heterocycles. The Morgan fingerprint density at radius 3 is 2.41 bits per heavy atom. The number of aromatic nitrogens is 1. The lowest BCUT2D eigenvalue weighted by atomic mass is 10.1. The Labute approximate surface area is 228 Å². The molecule has 0 bridgehead atoms. The molecule has 9 nitrogen and oxygen atoms in total. The van der Waals surface area contributed by atoms with E-state index in [1.165, 1.54) is 6.07 Å². The van der Waals surface area contributed by atoms with Crippen molar-refractivity contribution in [2.24, 2.45) is 0 Å². The zero-order chi connectivity index (χ0) is 27.6. The molecule has 4 aromatic rings. The number of benzene rings is 3. The third-order valence-corrected chi connectivity index (χ3v) is 8.30. The molecule has 1 saturated heterocycles. The standard InChI is InChI=1S/C29H30N4O5S/c1-20-19-32(24-13-14-25(37-2)26(18-24)38-3)16-17-33(20)29(34)22-9-11-23(12-10-22)31-39(35,36)27-8-4-6-21-7-5-15-30-28(21)27/h4-15,18,20,31H,16-17,19H2,1-3H3/t20-/m0/s1. The topological polar surface area (TPSA) is 101 Å². The van der Waals surface area contributed by atoms with Gasteiger partial charge in [0.25, 0.3) is 15.9 Å². The molecule has 39 heavy (non-hydrogen) atoms. The number of hydrogen-bond donors (Lipinski definition) is 1. The van der Waals surface area contributed by atoms with Crippen molar-refractivity contribution in [3.8, 4) is 11.5 Å². The maximum Gasteiger partial charge on any atom is 0.264 e. The van der Waals surface area contributed by atoms with Crippen molar-refractivity contribution >= 4 is 38.2 Å². The Morgan fingerprint density at radius 2 is 1.69 bits per heavy atom. The Balaban J connectivity index is 1.26. The average Bonchev–Trinajstić information content (AvgIpc) is 2.96. The summed E-state index contributed by atoms with van der Waals surface area (Å²) in [5.41, 5.74) is 2.27. The van der Waals surface area contributed by atoms with Crippen molar-refractivity contribution < 1.29 is 22.7 Å². The van der Waals surface area contributed by atoms with Crippen LogP contribution in [0.15, 0.2) is 83.9 Å². The molecule has 1 atom stereocenters. The summed E-state index contributed by atoms with van der Waals surface area (Å²) >= 11 is 0. The molecule has 3 aromatic carbocycles. The summed E-state index contributed by atoms with van der Waals surface area (Å²) in [5.74, 6) is 1.23. The fourth-order valence-electron chi connectivity index (χ4n) is 4.87. The van der Waals surface area contributed by atoms with E-state index in [0.717, 1.165) is 11.1 Å². The fraction of sp³-hybridized carbons (Fsp3) is 0.241. The smallest absolute Gasteiger partial charge is 0.264 e. The van der Waals surface area contributed by atoms with Gasteiger partial charge in [0.05, 0.1) is 19.7 Å². The minimum Gasteiger partial charge on any atom is -0.493 e. The van der Waals surface area contributed by atoms with Gasteiger partial charge in [0, 0.05) is 60.3 Å². The SMILES string of the molecule is COc1ccc(N2CCN(C(=O)c3ccc(NS(=O)(=O)c4cccc5cccnc45)cc3)[C@@H](C)C2)cc1OC. The van der Waals surface area contributed by atoms with Crippen LogP contribution in [0.25, 0.3) is 10.9 Å². The van der Waals surface area contributed by atoms with Crippen LogP contribution in [0.5, 0.6) is 11.5 Å². The number of nitrogens with zero attached hydrogens (tertiary/aromatic N) is 3. The van der Waals surface area contributed by atoms with Crippen LogP contribution in [0.3, 0.4) is 0 Å². The molecule has 0 spiro atoms. The highest BCUT2D eigenvalue weighted by atomic mass is 32.2. The molecule has 0 aliphatic carbocycles. The molecule has 10 heteroatoms. The van der Waals surface area contributed by atoms with Crippen LogP contribution < -0.4 is 19.1 Å². The summed E-state index contributed by atoms with van der Waals surface area (Å²) < 4.78 is 39.6. The van der Waals surface area contributed by atoms with Crippen molar-refractivity contribution in [1.29, 1.82) is 0 Å². The molecule has 0 saturated carbocycles. The second kappa shape index (κ2) is 10.8. The molecule has 1 aliphatic heterocycles. The monoisotopic (exact) mass is 546 g/mol. The predicted molar refractivity (Wildman–Crippen MR) is 151 cm³/mol. The van der Waals surface area contributed by atoms with Gasteiger partial charge in [-0.1, -0.05) is 18.2 Å². The Hall–Kier alpha value is -4.31. The third kappa shape index (κ3) is 5.33. The van der Waals surface area contributed by atoms with E-state index in [1.807, 2.05) is 42.2 Å². The van der Waals surface area contributed by atoms with Crippen LogP contribution in [-0.4, -0.2) is 64.1 Å². The highest BCUT2D eigenvalue weighted by molar-refractivity contribution is 7.93. The van der Waals surface area contributed by atoms with Crippen molar-refractivity contribution in [2.45, 2.75) is 17.9 Å². The van der Waals surface area contributed by atoms with Crippen molar-refractivity contribution in [3.63, 3.8) is 0 Å². The number of pyridine rings is 1. The maximum absolute atomic E-state index is 13.3. The Kier molecular flexibility index (Phi) is 7.30. The van der Waals surface area contributed by atoms with Crippen molar-refractivity contribution in [2.75, 3.05) is 43.5 Å². The first-order valence-electron chi connectivity index (χ1n) is 12.6. The normalized spacial score (nSPS) is 15.7. The summed E-state index contributed by atoms with van der Waals surface area (Å²) in [5, 5.41) is 0.738. The summed E-state index contributed by atoms with van der Waals surface area (Å²) in [6.07, 6.45) is 1.57. The molecular formula is C29H30N4O5S. The number of piperazine rings is 1. The highest BCUT2D eigenvalue weighted by Gasteiger charge is 2.29. The number of carbonyl (C=O) groups excluding carboxylic acids is 1. The number of methoxy groups -OCH3 is 2. The second-order valence-electron chi connectivity index (χ2n) is 9.35. The van der Waals surface area contributed by atoms with Crippen LogP contribution in [0.2, 0.25) is 0 Å². The van der Waals surface area contributed by atoms with Crippen molar-refractivity contribution in [3.05, 3.63) is 84.6 Å². The molecule has 0 unspecified atom stereocenters. The third-order valence-electron chi connectivity index (χ3n) is 6.89. The number of ether oxygens (including phenoxy) is 2. The lowest BCUT2D eigenvalue weighted by molar-refractivity contribution is 0.0674. The van der Waals surface area contributed by atoms with Crippen LogP contribution >= 0.6 is 0 Å². The van der Waals surface area contributed by atoms with E-state index < -0.39 is 10.0 Å². The van der Waals surface area contributed by atoms with Crippen LogP contribution in [0.1, 0.15) is 17.3 Å². The lowest BCUT2D eigenvalue weighted by Gasteiger charge is -2.41. The number of fused-ring (bicyclic) bond motifs is 1. The molecule has 1 N–H and O–H groups in total. The number of nitrogens with one attached hydrogen (secondary N) is 1. The zero-order valence-electron chi connectivity index (χ0n) is 22.0. The number of amides is 1. The van der Waals surface area contributed by atoms with E-state index in [-0.39, 0.29) is 16.8 Å². The van der Waals surface area contributed by atoms with Gasteiger partial charge in [-0.3, -0.25) is 14.5 Å². The first-order chi connectivity index (χ1) is 18.8. The largest absolute Gasteiger partial charge is 0.493 e. The van der Waals surface area contributed by atoms with E-state index in [9.17, 15) is 13.2 Å². The first-order valence-corrected chi connectivity index (χ1v) is 14.0. The molecule has 1 amide bonds. The van der Waals surface area contributed by atoms with Gasteiger partial charge in [-0.15, -0.1) is 0 Å². The van der Waals surface area contributed by atoms with Crippen LogP contribution in [0, 0.1) is 0 Å². The van der Waals surface area contributed by atoms with Gasteiger partial charge in [-0.2, -0.15) is 0 Å². The molecule has 1 fully saturated rings. The number of carbonyl (C=O) groups is 1. The van der Waals surface area contributed by atoms with Crippen LogP contribution in [-0.2, 0) is 10.0 Å². The quantitative estimate of drug-likeness (QED) is 0.367. The number of rotatable bonds is 7. The van der Waals surface area contributed by atoms with E-state index in [2.05, 4.69) is 14.6 Å². The van der Waals surface area contributed by atoms with Gasteiger partial charge in [0.1, 0.15) is 4.90 Å². The molecule has 0 radical (unpaired) electrons. The molecule has 5 rings (SSSR count). The van der Waals surface area contributed by atoms with Crippen molar-refractivity contribution in [1.82, 2.24) is 9.88 Å². The van der Waals surface area contributed by atoms with Gasteiger partial charge < -0.3 is 19.3 Å². The summed E-state index contributed by atoms with van der Waals surface area (Å²) in [4.78, 5) is 21.7. The van der Waals surface area contributed by atoms with Crippen LogP contribution in [0.4, 0.5) is 11.4 Å². The number of sulfonamides is 1. The van der Waals surface area contributed by atoms with E-state index in [1.54, 1.807) is 56.8 Å². The summed E-state index contributed by atoms with van der Waals surface area (Å²) in [7, 11) is -0.660. The average molecular weight is 547 g/mol. The molecule has 1 aliphatic rings. The minimum absolute atomic E-state index is 0.0311.